The van der Waals surface area contributed by atoms with Gasteiger partial charge in [-0.1, -0.05) is 18.2 Å². The maximum atomic E-state index is 11.3. The van der Waals surface area contributed by atoms with Gasteiger partial charge in [0, 0.05) is 0 Å². The van der Waals surface area contributed by atoms with Gasteiger partial charge in [-0.05, 0) is 37.5 Å². The molecule has 0 aliphatic rings. The van der Waals surface area contributed by atoms with E-state index < -0.39 is 18.2 Å². The summed E-state index contributed by atoms with van der Waals surface area (Å²) in [7, 11) is 0. The minimum absolute atomic E-state index is 0.206. The summed E-state index contributed by atoms with van der Waals surface area (Å²) in [5, 5.41) is 20.0. The number of hydrogen-bond acceptors (Lipinski definition) is 4. The monoisotopic (exact) mass is 252 g/mol. The van der Waals surface area contributed by atoms with Crippen molar-refractivity contribution in [1.29, 1.82) is 0 Å². The van der Waals surface area contributed by atoms with Gasteiger partial charge in [0.2, 0.25) is 0 Å². The Balaban J connectivity index is 2.80. The standard InChI is InChI=1S/C14H20O4/c1-4-18-12(16)8-11(15)14(17)13-9(2)6-5-7-10(13)3/h5-7,11,14-15,17H,4,8H2,1-3H3. The van der Waals surface area contributed by atoms with Gasteiger partial charge in [-0.15, -0.1) is 0 Å². The van der Waals surface area contributed by atoms with Crippen LogP contribution in [0.25, 0.3) is 0 Å². The number of esters is 1. The third kappa shape index (κ3) is 3.55. The third-order valence-corrected chi connectivity index (χ3v) is 2.88. The molecule has 0 aliphatic heterocycles. The van der Waals surface area contributed by atoms with Crippen molar-refractivity contribution in [2.24, 2.45) is 0 Å². The molecule has 0 saturated heterocycles. The average Bonchev–Trinajstić information content (AvgIpc) is 2.28. The van der Waals surface area contributed by atoms with Gasteiger partial charge in [-0.3, -0.25) is 4.79 Å². The summed E-state index contributed by atoms with van der Waals surface area (Å²) in [5.41, 5.74) is 2.46. The number of aliphatic hydroxyl groups is 2. The molecule has 0 bridgehead atoms. The van der Waals surface area contributed by atoms with E-state index in [1.54, 1.807) is 6.92 Å². The predicted octanol–water partition coefficient (Wildman–Crippen LogP) is 1.65. The lowest BCUT2D eigenvalue weighted by atomic mass is 9.94. The van der Waals surface area contributed by atoms with Crippen LogP contribution in [0.4, 0.5) is 0 Å². The molecule has 4 nitrogen and oxygen atoms in total. The number of ether oxygens (including phenoxy) is 1. The molecule has 100 valence electrons. The highest BCUT2D eigenvalue weighted by Gasteiger charge is 2.24. The zero-order valence-corrected chi connectivity index (χ0v) is 11.0. The van der Waals surface area contributed by atoms with Crippen molar-refractivity contribution >= 4 is 5.97 Å². The van der Waals surface area contributed by atoms with Crippen LogP contribution in [-0.2, 0) is 9.53 Å². The highest BCUT2D eigenvalue weighted by Crippen LogP contribution is 2.25. The summed E-state index contributed by atoms with van der Waals surface area (Å²) < 4.78 is 4.75. The van der Waals surface area contributed by atoms with Crippen molar-refractivity contribution in [3.05, 3.63) is 34.9 Å². The molecule has 1 aromatic carbocycles. The Morgan fingerprint density at radius 3 is 2.33 bits per heavy atom. The lowest BCUT2D eigenvalue weighted by Crippen LogP contribution is -2.24. The number of rotatable bonds is 5. The summed E-state index contributed by atoms with van der Waals surface area (Å²) in [6, 6.07) is 5.61. The Hall–Kier alpha value is -1.39. The van der Waals surface area contributed by atoms with E-state index in [1.165, 1.54) is 0 Å². The second kappa shape index (κ2) is 6.52. The zero-order chi connectivity index (χ0) is 13.7. The minimum Gasteiger partial charge on any atom is -0.466 e. The minimum atomic E-state index is -1.15. The van der Waals surface area contributed by atoms with Crippen molar-refractivity contribution in [1.82, 2.24) is 0 Å². The summed E-state index contributed by atoms with van der Waals surface area (Å²) in [6.45, 7) is 5.70. The smallest absolute Gasteiger partial charge is 0.308 e. The topological polar surface area (TPSA) is 66.8 Å². The molecule has 0 heterocycles. The van der Waals surface area contributed by atoms with Gasteiger partial charge in [-0.25, -0.2) is 0 Å². The van der Waals surface area contributed by atoms with Crippen LogP contribution in [0, 0.1) is 13.8 Å². The molecule has 0 amide bonds. The molecule has 2 N–H and O–H groups in total. The quantitative estimate of drug-likeness (QED) is 0.782. The van der Waals surface area contributed by atoms with E-state index in [2.05, 4.69) is 0 Å². The number of carbonyl (C=O) groups is 1. The number of aryl methyl sites for hydroxylation is 2. The van der Waals surface area contributed by atoms with Crippen LogP contribution in [0.15, 0.2) is 18.2 Å². The lowest BCUT2D eigenvalue weighted by Gasteiger charge is -2.21. The van der Waals surface area contributed by atoms with E-state index in [-0.39, 0.29) is 13.0 Å². The van der Waals surface area contributed by atoms with Gasteiger partial charge >= 0.3 is 5.97 Å². The molecule has 0 spiro atoms. The maximum absolute atomic E-state index is 11.3. The second-order valence-electron chi connectivity index (χ2n) is 4.33. The Kier molecular flexibility index (Phi) is 5.31. The first kappa shape index (κ1) is 14.7. The van der Waals surface area contributed by atoms with E-state index in [4.69, 9.17) is 4.74 Å². The molecule has 18 heavy (non-hydrogen) atoms. The summed E-state index contributed by atoms with van der Waals surface area (Å²) >= 11 is 0. The normalized spacial score (nSPS) is 14.1. The zero-order valence-electron chi connectivity index (χ0n) is 11.0. The number of carbonyl (C=O) groups excluding carboxylic acids is 1. The van der Waals surface area contributed by atoms with Gasteiger partial charge in [0.25, 0.3) is 0 Å². The van der Waals surface area contributed by atoms with E-state index >= 15 is 0 Å². The predicted molar refractivity (Wildman–Crippen MR) is 68.1 cm³/mol. The number of aliphatic hydroxyl groups excluding tert-OH is 2. The molecule has 0 radical (unpaired) electrons. The molecule has 4 heteroatoms. The third-order valence-electron chi connectivity index (χ3n) is 2.88. The van der Waals surface area contributed by atoms with E-state index in [9.17, 15) is 15.0 Å². The van der Waals surface area contributed by atoms with Crippen LogP contribution in [0.2, 0.25) is 0 Å². The van der Waals surface area contributed by atoms with Crippen molar-refractivity contribution < 1.29 is 19.7 Å². The molecule has 2 atom stereocenters. The molecular weight excluding hydrogens is 232 g/mol. The van der Waals surface area contributed by atoms with Crippen LogP contribution in [0.1, 0.15) is 36.1 Å². The first-order chi connectivity index (χ1) is 8.47. The molecule has 0 fully saturated rings. The van der Waals surface area contributed by atoms with Crippen LogP contribution in [0.3, 0.4) is 0 Å². The van der Waals surface area contributed by atoms with E-state index in [0.717, 1.165) is 11.1 Å². The molecule has 2 unspecified atom stereocenters. The van der Waals surface area contributed by atoms with Gasteiger partial charge < -0.3 is 14.9 Å². The van der Waals surface area contributed by atoms with E-state index in [0.29, 0.717) is 5.56 Å². The Bertz CT molecular complexity index is 394. The SMILES string of the molecule is CCOC(=O)CC(O)C(O)c1c(C)cccc1C. The van der Waals surface area contributed by atoms with Crippen molar-refractivity contribution in [3.63, 3.8) is 0 Å². The lowest BCUT2D eigenvalue weighted by molar-refractivity contribution is -0.147. The molecule has 1 aromatic rings. The Morgan fingerprint density at radius 2 is 1.83 bits per heavy atom. The van der Waals surface area contributed by atoms with Gasteiger partial charge in [0.1, 0.15) is 6.10 Å². The molecular formula is C14H20O4. The average molecular weight is 252 g/mol. The maximum Gasteiger partial charge on any atom is 0.308 e. The number of hydrogen-bond donors (Lipinski definition) is 2. The van der Waals surface area contributed by atoms with Gasteiger partial charge in [-0.2, -0.15) is 0 Å². The summed E-state index contributed by atoms with van der Waals surface area (Å²) in [5.74, 6) is -0.504. The molecule has 0 saturated carbocycles. The first-order valence-corrected chi connectivity index (χ1v) is 6.05. The summed E-state index contributed by atoms with van der Waals surface area (Å²) in [4.78, 5) is 11.3. The fourth-order valence-electron chi connectivity index (χ4n) is 1.99. The van der Waals surface area contributed by atoms with Crippen molar-refractivity contribution in [2.75, 3.05) is 6.61 Å². The van der Waals surface area contributed by atoms with Crippen LogP contribution in [-0.4, -0.2) is 28.9 Å². The van der Waals surface area contributed by atoms with Gasteiger partial charge in [0.15, 0.2) is 0 Å². The fraction of sp³-hybridized carbons (Fsp3) is 0.500. The highest BCUT2D eigenvalue weighted by atomic mass is 16.5. The van der Waals surface area contributed by atoms with E-state index in [1.807, 2.05) is 32.0 Å². The van der Waals surface area contributed by atoms with Crippen molar-refractivity contribution in [3.8, 4) is 0 Å². The molecule has 1 rings (SSSR count). The van der Waals surface area contributed by atoms with Crippen LogP contribution in [0.5, 0.6) is 0 Å². The van der Waals surface area contributed by atoms with Gasteiger partial charge in [0.05, 0.1) is 19.1 Å². The molecule has 0 aliphatic carbocycles. The summed E-state index contributed by atoms with van der Waals surface area (Å²) in [6.07, 6.45) is -2.43. The second-order valence-corrected chi connectivity index (χ2v) is 4.33. The fourth-order valence-corrected chi connectivity index (χ4v) is 1.99. The Morgan fingerprint density at radius 1 is 1.28 bits per heavy atom. The van der Waals surface area contributed by atoms with Crippen molar-refractivity contribution in [2.45, 2.75) is 39.4 Å². The Labute approximate surface area is 107 Å². The molecule has 0 aromatic heterocycles. The van der Waals surface area contributed by atoms with Crippen LogP contribution < -0.4 is 0 Å². The van der Waals surface area contributed by atoms with Crippen LogP contribution >= 0.6 is 0 Å². The largest absolute Gasteiger partial charge is 0.466 e. The highest BCUT2D eigenvalue weighted by molar-refractivity contribution is 5.70. The first-order valence-electron chi connectivity index (χ1n) is 6.05. The number of benzene rings is 1.